The highest BCUT2D eigenvalue weighted by atomic mass is 35.5. The molecule has 0 aliphatic rings. The average molecular weight is 438 g/mol. The third-order valence-electron chi connectivity index (χ3n) is 4.46. The quantitative estimate of drug-likeness (QED) is 0.419. The molecular formula is C23H20ClN3O4. The van der Waals surface area contributed by atoms with Gasteiger partial charge in [0.1, 0.15) is 23.9 Å². The fraction of sp³-hybridized carbons (Fsp3) is 0.130. The van der Waals surface area contributed by atoms with Crippen molar-refractivity contribution in [2.24, 2.45) is 0 Å². The Kier molecular flexibility index (Phi) is 6.24. The number of carbonyl (C=O) groups excluding carboxylic acids is 1. The summed E-state index contributed by atoms with van der Waals surface area (Å²) in [6.07, 6.45) is 3.34. The van der Waals surface area contributed by atoms with Crippen LogP contribution in [0.25, 0.3) is 0 Å². The van der Waals surface area contributed by atoms with Gasteiger partial charge in [0.25, 0.3) is 5.91 Å². The Labute approximate surface area is 184 Å². The van der Waals surface area contributed by atoms with Crippen LogP contribution >= 0.6 is 11.6 Å². The van der Waals surface area contributed by atoms with Crippen LogP contribution in [-0.4, -0.2) is 22.8 Å². The normalized spacial score (nSPS) is 10.6. The molecule has 158 valence electrons. The molecule has 0 aliphatic carbocycles. The van der Waals surface area contributed by atoms with Crippen molar-refractivity contribution in [1.82, 2.24) is 9.78 Å². The first kappa shape index (κ1) is 20.6. The minimum Gasteiger partial charge on any atom is -0.497 e. The highest BCUT2D eigenvalue weighted by Crippen LogP contribution is 2.24. The number of para-hydroxylation sites is 1. The Balaban J connectivity index is 1.34. The van der Waals surface area contributed by atoms with E-state index in [2.05, 4.69) is 10.4 Å². The van der Waals surface area contributed by atoms with Gasteiger partial charge >= 0.3 is 0 Å². The van der Waals surface area contributed by atoms with Crippen molar-refractivity contribution < 1.29 is 18.7 Å². The van der Waals surface area contributed by atoms with Gasteiger partial charge in [-0.25, -0.2) is 0 Å². The molecule has 8 heteroatoms. The zero-order chi connectivity index (χ0) is 21.6. The maximum atomic E-state index is 12.5. The van der Waals surface area contributed by atoms with Crippen LogP contribution in [0.1, 0.15) is 21.9 Å². The van der Waals surface area contributed by atoms with Crippen molar-refractivity contribution in [3.8, 4) is 11.5 Å². The first-order valence-electron chi connectivity index (χ1n) is 9.53. The van der Waals surface area contributed by atoms with E-state index in [0.717, 1.165) is 11.3 Å². The third-order valence-corrected chi connectivity index (χ3v) is 4.77. The zero-order valence-electron chi connectivity index (χ0n) is 16.7. The molecule has 7 nitrogen and oxygen atoms in total. The van der Waals surface area contributed by atoms with Crippen LogP contribution in [0.4, 0.5) is 5.69 Å². The van der Waals surface area contributed by atoms with Crippen molar-refractivity contribution in [1.29, 1.82) is 0 Å². The number of hydrogen-bond donors (Lipinski definition) is 1. The number of benzene rings is 2. The van der Waals surface area contributed by atoms with Gasteiger partial charge in [-0.15, -0.1) is 0 Å². The summed E-state index contributed by atoms with van der Waals surface area (Å²) in [5.74, 6) is 1.65. The van der Waals surface area contributed by atoms with Crippen LogP contribution in [0, 0.1) is 0 Å². The molecule has 0 spiro atoms. The van der Waals surface area contributed by atoms with Crippen molar-refractivity contribution in [2.75, 3.05) is 12.4 Å². The van der Waals surface area contributed by atoms with E-state index in [1.807, 2.05) is 36.4 Å². The summed E-state index contributed by atoms with van der Waals surface area (Å²) in [6, 6.07) is 18.2. The van der Waals surface area contributed by atoms with Crippen molar-refractivity contribution in [3.63, 3.8) is 0 Å². The molecule has 0 atom stereocenters. The number of methoxy groups -OCH3 is 1. The van der Waals surface area contributed by atoms with Gasteiger partial charge in [0.2, 0.25) is 0 Å². The number of carbonyl (C=O) groups is 1. The molecule has 2 aromatic heterocycles. The molecule has 4 aromatic rings. The molecule has 0 saturated heterocycles. The third kappa shape index (κ3) is 5.26. The molecule has 2 heterocycles. The van der Waals surface area contributed by atoms with Crippen LogP contribution in [0.3, 0.4) is 0 Å². The SMILES string of the molecule is COc1cccc(Cn2cc(NC(=O)c3ccc(COc4ccccc4Cl)o3)cn2)c1. The number of halogens is 1. The summed E-state index contributed by atoms with van der Waals surface area (Å²) in [6.45, 7) is 0.715. The second-order valence-corrected chi connectivity index (χ2v) is 7.12. The topological polar surface area (TPSA) is 78.5 Å². The molecule has 0 aliphatic heterocycles. The van der Waals surface area contributed by atoms with Gasteiger partial charge < -0.3 is 19.2 Å². The van der Waals surface area contributed by atoms with E-state index in [9.17, 15) is 4.79 Å². The number of nitrogens with one attached hydrogen (secondary N) is 1. The predicted octanol–water partition coefficient (Wildman–Crippen LogP) is 5.02. The standard InChI is InChI=1S/C23H20ClN3O4/c1-29-18-6-4-5-16(11-18)13-27-14-17(12-25-27)26-23(28)22-10-9-19(31-22)15-30-21-8-3-2-7-20(21)24/h2-12,14H,13,15H2,1H3,(H,26,28). The van der Waals surface area contributed by atoms with Crippen molar-refractivity contribution in [2.45, 2.75) is 13.2 Å². The second-order valence-electron chi connectivity index (χ2n) is 6.72. The highest BCUT2D eigenvalue weighted by molar-refractivity contribution is 6.32. The lowest BCUT2D eigenvalue weighted by Crippen LogP contribution is -2.10. The molecule has 1 N–H and O–H groups in total. The summed E-state index contributed by atoms with van der Waals surface area (Å²) in [5.41, 5.74) is 1.60. The van der Waals surface area contributed by atoms with E-state index in [0.29, 0.717) is 28.8 Å². The predicted molar refractivity (Wildman–Crippen MR) is 117 cm³/mol. The first-order valence-corrected chi connectivity index (χ1v) is 9.91. The molecule has 4 rings (SSSR count). The number of rotatable bonds is 8. The van der Waals surface area contributed by atoms with E-state index < -0.39 is 0 Å². The number of furan rings is 1. The molecule has 2 aromatic carbocycles. The first-order chi connectivity index (χ1) is 15.1. The summed E-state index contributed by atoms with van der Waals surface area (Å²) < 4.78 is 18.2. The molecular weight excluding hydrogens is 418 g/mol. The number of amides is 1. The number of nitrogens with zero attached hydrogens (tertiary/aromatic N) is 2. The van der Waals surface area contributed by atoms with Gasteiger partial charge in [0.05, 0.1) is 30.6 Å². The van der Waals surface area contributed by atoms with Crippen LogP contribution in [-0.2, 0) is 13.2 Å². The number of anilines is 1. The lowest BCUT2D eigenvalue weighted by Gasteiger charge is -2.05. The fourth-order valence-corrected chi connectivity index (χ4v) is 3.14. The maximum absolute atomic E-state index is 12.5. The Morgan fingerprint density at radius 1 is 1.16 bits per heavy atom. The van der Waals surface area contributed by atoms with Gasteiger partial charge in [-0.3, -0.25) is 9.48 Å². The minimum absolute atomic E-state index is 0.162. The second kappa shape index (κ2) is 9.40. The Morgan fingerprint density at radius 2 is 2.03 bits per heavy atom. The van der Waals surface area contributed by atoms with Crippen LogP contribution in [0.15, 0.2) is 77.5 Å². The lowest BCUT2D eigenvalue weighted by atomic mass is 10.2. The molecule has 1 amide bonds. The van der Waals surface area contributed by atoms with Crippen LogP contribution in [0.5, 0.6) is 11.5 Å². The summed E-state index contributed by atoms with van der Waals surface area (Å²) in [5, 5.41) is 7.58. The zero-order valence-corrected chi connectivity index (χ0v) is 17.5. The summed E-state index contributed by atoms with van der Waals surface area (Å²) in [4.78, 5) is 12.5. The van der Waals surface area contributed by atoms with Gasteiger partial charge in [-0.2, -0.15) is 5.10 Å². The fourth-order valence-electron chi connectivity index (χ4n) is 2.95. The number of aromatic nitrogens is 2. The summed E-state index contributed by atoms with van der Waals surface area (Å²) >= 11 is 6.07. The smallest absolute Gasteiger partial charge is 0.291 e. The van der Waals surface area contributed by atoms with Crippen LogP contribution in [0.2, 0.25) is 5.02 Å². The van der Waals surface area contributed by atoms with E-state index >= 15 is 0 Å². The molecule has 0 bridgehead atoms. The summed E-state index contributed by atoms with van der Waals surface area (Å²) in [7, 11) is 1.63. The Hall–Kier alpha value is -3.71. The number of ether oxygens (including phenoxy) is 2. The van der Waals surface area contributed by atoms with Gasteiger partial charge in [-0.05, 0) is 42.0 Å². The van der Waals surface area contributed by atoms with Gasteiger partial charge in [0.15, 0.2) is 5.76 Å². The van der Waals surface area contributed by atoms with E-state index in [4.69, 9.17) is 25.5 Å². The molecule has 31 heavy (non-hydrogen) atoms. The lowest BCUT2D eigenvalue weighted by molar-refractivity contribution is 0.0992. The molecule has 0 unspecified atom stereocenters. The van der Waals surface area contributed by atoms with Crippen molar-refractivity contribution in [3.05, 3.63) is 95.2 Å². The minimum atomic E-state index is -0.370. The molecule has 0 radical (unpaired) electrons. The monoisotopic (exact) mass is 437 g/mol. The van der Waals surface area contributed by atoms with E-state index in [1.165, 1.54) is 0 Å². The largest absolute Gasteiger partial charge is 0.497 e. The molecule has 0 saturated carbocycles. The maximum Gasteiger partial charge on any atom is 0.291 e. The Morgan fingerprint density at radius 3 is 2.87 bits per heavy atom. The number of hydrogen-bond acceptors (Lipinski definition) is 5. The van der Waals surface area contributed by atoms with Gasteiger partial charge in [0, 0.05) is 6.20 Å². The average Bonchev–Trinajstić information content (AvgIpc) is 3.43. The highest BCUT2D eigenvalue weighted by Gasteiger charge is 2.13. The van der Waals surface area contributed by atoms with Crippen molar-refractivity contribution >= 4 is 23.2 Å². The van der Waals surface area contributed by atoms with E-state index in [1.54, 1.807) is 48.5 Å². The van der Waals surface area contributed by atoms with Gasteiger partial charge in [-0.1, -0.05) is 35.9 Å². The van der Waals surface area contributed by atoms with Crippen LogP contribution < -0.4 is 14.8 Å². The van der Waals surface area contributed by atoms with E-state index in [-0.39, 0.29) is 18.3 Å². The Bertz CT molecular complexity index is 1180. The molecule has 0 fully saturated rings.